The van der Waals surface area contributed by atoms with Crippen LogP contribution in [0, 0.1) is 19.8 Å². The van der Waals surface area contributed by atoms with Crippen molar-refractivity contribution in [1.29, 1.82) is 0 Å². The number of carbonyl (C=O) groups is 1. The van der Waals surface area contributed by atoms with Gasteiger partial charge in [0.15, 0.2) is 0 Å². The molecule has 29 heavy (non-hydrogen) atoms. The fraction of sp³-hybridized carbons (Fsp3) is 0.522. The van der Waals surface area contributed by atoms with Crippen molar-refractivity contribution < 1.29 is 4.79 Å². The summed E-state index contributed by atoms with van der Waals surface area (Å²) < 4.78 is 0. The molecule has 1 aliphatic rings. The highest BCUT2D eigenvalue weighted by Gasteiger charge is 2.32. The van der Waals surface area contributed by atoms with Gasteiger partial charge in [0.2, 0.25) is 11.9 Å². The van der Waals surface area contributed by atoms with Gasteiger partial charge in [-0.15, -0.1) is 0 Å². The van der Waals surface area contributed by atoms with Gasteiger partial charge in [-0.1, -0.05) is 25.4 Å². The zero-order valence-corrected chi connectivity index (χ0v) is 18.6. The van der Waals surface area contributed by atoms with Crippen molar-refractivity contribution in [3.05, 3.63) is 46.7 Å². The van der Waals surface area contributed by atoms with E-state index in [1.165, 1.54) is 0 Å². The standard InChI is InChI=1S/C23H31ClN4O/c1-5-20(6-2)28(21-9-7-19(24)8-10-21)22(29)18-11-13-27(14-12-18)23-25-16(3)15-17(4)26-23/h7-10,15,18,20H,5-6,11-14H2,1-4H3. The second kappa shape index (κ2) is 9.57. The molecule has 1 fully saturated rings. The summed E-state index contributed by atoms with van der Waals surface area (Å²) in [7, 11) is 0. The molecule has 0 N–H and O–H groups in total. The number of hydrogen-bond acceptors (Lipinski definition) is 4. The molecule has 1 aromatic carbocycles. The fourth-order valence-corrected chi connectivity index (χ4v) is 4.27. The van der Waals surface area contributed by atoms with E-state index >= 15 is 0 Å². The lowest BCUT2D eigenvalue weighted by Gasteiger charge is -2.37. The lowest BCUT2D eigenvalue weighted by molar-refractivity contribution is -0.123. The number of hydrogen-bond donors (Lipinski definition) is 0. The maximum atomic E-state index is 13.5. The van der Waals surface area contributed by atoms with Gasteiger partial charge >= 0.3 is 0 Å². The maximum absolute atomic E-state index is 13.5. The van der Waals surface area contributed by atoms with Gasteiger partial charge in [-0.3, -0.25) is 4.79 Å². The molecule has 0 spiro atoms. The van der Waals surface area contributed by atoms with Crippen LogP contribution in [-0.2, 0) is 4.79 Å². The van der Waals surface area contributed by atoms with E-state index in [2.05, 4.69) is 28.7 Å². The number of amides is 1. The fourth-order valence-electron chi connectivity index (χ4n) is 4.15. The Morgan fingerprint density at radius 2 is 1.66 bits per heavy atom. The molecule has 0 saturated carbocycles. The minimum absolute atomic E-state index is 0.0217. The Balaban J connectivity index is 1.74. The summed E-state index contributed by atoms with van der Waals surface area (Å²) in [6, 6.07) is 9.82. The van der Waals surface area contributed by atoms with E-state index in [1.807, 2.05) is 49.1 Å². The molecule has 0 unspecified atom stereocenters. The zero-order valence-electron chi connectivity index (χ0n) is 17.9. The van der Waals surface area contributed by atoms with Crippen LogP contribution in [0.25, 0.3) is 0 Å². The lowest BCUT2D eigenvalue weighted by Crippen LogP contribution is -2.47. The zero-order chi connectivity index (χ0) is 21.0. The molecule has 5 nitrogen and oxygen atoms in total. The number of aryl methyl sites for hydroxylation is 2. The average molecular weight is 415 g/mol. The van der Waals surface area contributed by atoms with E-state index in [4.69, 9.17) is 11.6 Å². The minimum Gasteiger partial charge on any atom is -0.341 e. The van der Waals surface area contributed by atoms with Gasteiger partial charge in [0.1, 0.15) is 0 Å². The number of anilines is 2. The predicted molar refractivity (Wildman–Crippen MR) is 120 cm³/mol. The van der Waals surface area contributed by atoms with Crippen LogP contribution < -0.4 is 9.80 Å². The number of nitrogens with zero attached hydrogens (tertiary/aromatic N) is 4. The second-order valence-corrected chi connectivity index (χ2v) is 8.30. The Bertz CT molecular complexity index is 807. The Labute approximate surface area is 179 Å². The number of halogens is 1. The van der Waals surface area contributed by atoms with Crippen molar-refractivity contribution in [2.75, 3.05) is 22.9 Å². The highest BCUT2D eigenvalue weighted by atomic mass is 35.5. The predicted octanol–water partition coefficient (Wildman–Crippen LogP) is 5.19. The Kier molecular flexibility index (Phi) is 7.12. The molecule has 156 valence electrons. The van der Waals surface area contributed by atoms with Crippen molar-refractivity contribution in [3.63, 3.8) is 0 Å². The van der Waals surface area contributed by atoms with Crippen molar-refractivity contribution in [1.82, 2.24) is 9.97 Å². The number of aromatic nitrogens is 2. The second-order valence-electron chi connectivity index (χ2n) is 7.87. The monoisotopic (exact) mass is 414 g/mol. The molecule has 0 radical (unpaired) electrons. The van der Waals surface area contributed by atoms with Crippen LogP contribution in [0.4, 0.5) is 11.6 Å². The van der Waals surface area contributed by atoms with E-state index in [0.29, 0.717) is 5.02 Å². The highest BCUT2D eigenvalue weighted by Crippen LogP contribution is 2.29. The van der Waals surface area contributed by atoms with Gasteiger partial charge in [0, 0.05) is 47.1 Å². The molecule has 1 aromatic heterocycles. The molecule has 0 bridgehead atoms. The van der Waals surface area contributed by atoms with E-state index in [0.717, 1.165) is 61.8 Å². The van der Waals surface area contributed by atoms with Crippen molar-refractivity contribution in [2.45, 2.75) is 59.4 Å². The Hall–Kier alpha value is -2.14. The molecule has 1 amide bonds. The van der Waals surface area contributed by atoms with E-state index in [1.54, 1.807) is 0 Å². The van der Waals surface area contributed by atoms with Crippen molar-refractivity contribution >= 4 is 29.1 Å². The van der Waals surface area contributed by atoms with Gasteiger partial charge in [-0.05, 0) is 69.9 Å². The average Bonchev–Trinajstić information content (AvgIpc) is 2.72. The Morgan fingerprint density at radius 3 is 2.17 bits per heavy atom. The van der Waals surface area contributed by atoms with Crippen LogP contribution in [0.3, 0.4) is 0 Å². The summed E-state index contributed by atoms with van der Waals surface area (Å²) >= 11 is 6.07. The topological polar surface area (TPSA) is 49.3 Å². The summed E-state index contributed by atoms with van der Waals surface area (Å²) in [5.41, 5.74) is 2.90. The molecule has 6 heteroatoms. The number of carbonyl (C=O) groups excluding carboxylic acids is 1. The normalized spacial score (nSPS) is 15.0. The maximum Gasteiger partial charge on any atom is 0.230 e. The van der Waals surface area contributed by atoms with Crippen molar-refractivity contribution in [3.8, 4) is 0 Å². The minimum atomic E-state index is 0.0217. The van der Waals surface area contributed by atoms with Gasteiger partial charge < -0.3 is 9.80 Å². The third-order valence-electron chi connectivity index (χ3n) is 5.75. The van der Waals surface area contributed by atoms with Gasteiger partial charge in [-0.25, -0.2) is 9.97 Å². The van der Waals surface area contributed by atoms with E-state index in [-0.39, 0.29) is 17.9 Å². The first-order chi connectivity index (χ1) is 13.9. The molecule has 1 aliphatic heterocycles. The van der Waals surface area contributed by atoms with Crippen LogP contribution >= 0.6 is 11.6 Å². The largest absolute Gasteiger partial charge is 0.341 e. The van der Waals surface area contributed by atoms with Crippen LogP contribution in [-0.4, -0.2) is 35.0 Å². The van der Waals surface area contributed by atoms with Crippen LogP contribution in [0.15, 0.2) is 30.3 Å². The first-order valence-electron chi connectivity index (χ1n) is 10.6. The van der Waals surface area contributed by atoms with Crippen LogP contribution in [0.5, 0.6) is 0 Å². The summed E-state index contributed by atoms with van der Waals surface area (Å²) in [5, 5.41) is 0.687. The third kappa shape index (κ3) is 5.08. The smallest absolute Gasteiger partial charge is 0.230 e. The molecule has 1 saturated heterocycles. The van der Waals surface area contributed by atoms with Crippen molar-refractivity contribution in [2.24, 2.45) is 5.92 Å². The first-order valence-corrected chi connectivity index (χ1v) is 11.0. The Morgan fingerprint density at radius 1 is 1.10 bits per heavy atom. The van der Waals surface area contributed by atoms with E-state index in [9.17, 15) is 4.79 Å². The molecule has 0 atom stereocenters. The third-order valence-corrected chi connectivity index (χ3v) is 6.00. The van der Waals surface area contributed by atoms with Crippen LogP contribution in [0.1, 0.15) is 50.9 Å². The summed E-state index contributed by atoms with van der Waals surface area (Å²) in [5.74, 6) is 1.03. The van der Waals surface area contributed by atoms with Gasteiger partial charge in [-0.2, -0.15) is 0 Å². The van der Waals surface area contributed by atoms with E-state index < -0.39 is 0 Å². The SMILES string of the molecule is CCC(CC)N(C(=O)C1CCN(c2nc(C)cc(C)n2)CC1)c1ccc(Cl)cc1. The molecule has 2 heterocycles. The molecular weight excluding hydrogens is 384 g/mol. The summed E-state index contributed by atoms with van der Waals surface area (Å²) in [6.07, 6.45) is 3.50. The molecular formula is C23H31ClN4O. The summed E-state index contributed by atoms with van der Waals surface area (Å²) in [4.78, 5) is 26.9. The highest BCUT2D eigenvalue weighted by molar-refractivity contribution is 6.30. The molecule has 3 rings (SSSR count). The number of benzene rings is 1. The quantitative estimate of drug-likeness (QED) is 0.653. The summed E-state index contributed by atoms with van der Waals surface area (Å²) in [6.45, 7) is 9.88. The number of rotatable bonds is 6. The lowest BCUT2D eigenvalue weighted by atomic mass is 9.93. The van der Waals surface area contributed by atoms with Gasteiger partial charge in [0.05, 0.1) is 0 Å². The number of piperidine rings is 1. The molecule has 2 aromatic rings. The molecule has 0 aliphatic carbocycles. The van der Waals surface area contributed by atoms with Gasteiger partial charge in [0.25, 0.3) is 0 Å². The van der Waals surface area contributed by atoms with Crippen LogP contribution in [0.2, 0.25) is 5.02 Å². The first kappa shape index (κ1) is 21.6.